The summed E-state index contributed by atoms with van der Waals surface area (Å²) in [5, 5.41) is 13.5. The van der Waals surface area contributed by atoms with Gasteiger partial charge in [0.25, 0.3) is 6.20 Å². The first kappa shape index (κ1) is 9.49. The van der Waals surface area contributed by atoms with Crippen molar-refractivity contribution in [3.8, 4) is 0 Å². The molecule has 1 aliphatic carbocycles. The summed E-state index contributed by atoms with van der Waals surface area (Å²) < 4.78 is 0. The lowest BCUT2D eigenvalue weighted by Gasteiger charge is -2.38. The third-order valence-electron chi connectivity index (χ3n) is 3.43. The van der Waals surface area contributed by atoms with Crippen LogP contribution in [0, 0.1) is 22.0 Å². The van der Waals surface area contributed by atoms with Crippen LogP contribution in [-0.4, -0.2) is 11.0 Å². The van der Waals surface area contributed by atoms with Crippen molar-refractivity contribution in [3.05, 3.63) is 22.0 Å². The van der Waals surface area contributed by atoms with Crippen LogP contribution in [0.5, 0.6) is 0 Å². The molecule has 2 fully saturated rings. The Morgan fingerprint density at radius 3 is 3.07 bits per heavy atom. The minimum Gasteiger partial charge on any atom is -0.379 e. The van der Waals surface area contributed by atoms with Gasteiger partial charge in [0, 0.05) is 12.0 Å². The average Bonchev–Trinajstić information content (AvgIpc) is 2.40. The molecule has 1 saturated carbocycles. The van der Waals surface area contributed by atoms with Crippen molar-refractivity contribution in [2.45, 2.75) is 38.6 Å². The van der Waals surface area contributed by atoms with Crippen molar-refractivity contribution in [3.63, 3.8) is 0 Å². The van der Waals surface area contributed by atoms with Crippen LogP contribution < -0.4 is 5.32 Å². The van der Waals surface area contributed by atoms with Crippen molar-refractivity contribution in [2.75, 3.05) is 0 Å². The first-order chi connectivity index (χ1) is 6.72. The molecule has 14 heavy (non-hydrogen) atoms. The Balaban J connectivity index is 1.95. The number of nitro groups is 1. The van der Waals surface area contributed by atoms with Gasteiger partial charge in [-0.2, -0.15) is 0 Å². The summed E-state index contributed by atoms with van der Waals surface area (Å²) >= 11 is 0. The Labute approximate surface area is 83.5 Å². The second-order valence-electron chi connectivity index (χ2n) is 4.27. The molecule has 1 N–H and O–H groups in total. The van der Waals surface area contributed by atoms with Crippen molar-refractivity contribution < 1.29 is 4.92 Å². The lowest BCUT2D eigenvalue weighted by atomic mass is 9.85. The van der Waals surface area contributed by atoms with E-state index >= 15 is 0 Å². The Morgan fingerprint density at radius 1 is 1.64 bits per heavy atom. The molecule has 2 rings (SSSR count). The molecule has 0 radical (unpaired) electrons. The highest BCUT2D eigenvalue weighted by atomic mass is 16.6. The molecular formula is C10H16N2O2. The summed E-state index contributed by atoms with van der Waals surface area (Å²) in [6.07, 6.45) is 5.95. The maximum atomic E-state index is 10.3. The van der Waals surface area contributed by atoms with Crippen molar-refractivity contribution >= 4 is 0 Å². The number of nitrogens with zero attached hydrogens (tertiary/aromatic N) is 1. The van der Waals surface area contributed by atoms with Gasteiger partial charge in [-0.15, -0.1) is 0 Å². The van der Waals surface area contributed by atoms with E-state index in [1.54, 1.807) is 0 Å². The van der Waals surface area contributed by atoms with Gasteiger partial charge in [0.05, 0.1) is 10.6 Å². The zero-order chi connectivity index (χ0) is 10.1. The summed E-state index contributed by atoms with van der Waals surface area (Å²) in [5.41, 5.74) is 0.846. The van der Waals surface area contributed by atoms with E-state index in [4.69, 9.17) is 0 Å². The summed E-state index contributed by atoms with van der Waals surface area (Å²) in [5.74, 6) is 1.20. The van der Waals surface area contributed by atoms with Gasteiger partial charge in [0.2, 0.25) is 0 Å². The van der Waals surface area contributed by atoms with Gasteiger partial charge in [0.1, 0.15) is 0 Å². The lowest BCUT2D eigenvalue weighted by Crippen LogP contribution is -2.50. The van der Waals surface area contributed by atoms with Crippen LogP contribution in [0.15, 0.2) is 11.9 Å². The van der Waals surface area contributed by atoms with E-state index in [1.165, 1.54) is 19.3 Å². The lowest BCUT2D eigenvalue weighted by molar-refractivity contribution is -0.404. The number of hydrogen-bond donors (Lipinski definition) is 1. The monoisotopic (exact) mass is 196 g/mol. The molecule has 4 nitrogen and oxygen atoms in total. The molecule has 0 spiro atoms. The molecule has 2 aliphatic rings. The summed E-state index contributed by atoms with van der Waals surface area (Å²) in [7, 11) is 0. The molecule has 3 atom stereocenters. The first-order valence-corrected chi connectivity index (χ1v) is 5.34. The van der Waals surface area contributed by atoms with Gasteiger partial charge in [0.15, 0.2) is 0 Å². The van der Waals surface area contributed by atoms with Crippen LogP contribution in [0.1, 0.15) is 32.6 Å². The van der Waals surface area contributed by atoms with Gasteiger partial charge in [-0.05, 0) is 25.2 Å². The number of hydrogen-bond acceptors (Lipinski definition) is 3. The Hall–Kier alpha value is -1.06. The Morgan fingerprint density at radius 2 is 2.43 bits per heavy atom. The highest BCUT2D eigenvalue weighted by molar-refractivity contribution is 5.20. The SMILES string of the molecule is CCC[C@@H]1CC[C@@H]2/C(=C\[N+](=O)[O-])NC12. The van der Waals surface area contributed by atoms with E-state index in [0.717, 1.165) is 24.2 Å². The maximum absolute atomic E-state index is 10.3. The highest BCUT2D eigenvalue weighted by Gasteiger charge is 2.46. The molecule has 0 aromatic carbocycles. The molecule has 0 aromatic rings. The highest BCUT2D eigenvalue weighted by Crippen LogP contribution is 2.44. The van der Waals surface area contributed by atoms with Crippen LogP contribution in [0.2, 0.25) is 0 Å². The quantitative estimate of drug-likeness (QED) is 0.554. The largest absolute Gasteiger partial charge is 0.379 e. The third-order valence-corrected chi connectivity index (χ3v) is 3.43. The first-order valence-electron chi connectivity index (χ1n) is 5.34. The summed E-state index contributed by atoms with van der Waals surface area (Å²) in [4.78, 5) is 9.93. The van der Waals surface area contributed by atoms with Crippen molar-refractivity contribution in [1.29, 1.82) is 0 Å². The number of fused-ring (bicyclic) bond motifs is 1. The van der Waals surface area contributed by atoms with E-state index in [9.17, 15) is 10.1 Å². The molecule has 1 saturated heterocycles. The Kier molecular flexibility index (Phi) is 2.44. The Bertz CT molecular complexity index is 275. The van der Waals surface area contributed by atoms with Gasteiger partial charge >= 0.3 is 0 Å². The van der Waals surface area contributed by atoms with Crippen LogP contribution in [0.3, 0.4) is 0 Å². The average molecular weight is 196 g/mol. The van der Waals surface area contributed by atoms with Crippen molar-refractivity contribution in [2.24, 2.45) is 11.8 Å². The van der Waals surface area contributed by atoms with Crippen LogP contribution >= 0.6 is 0 Å². The van der Waals surface area contributed by atoms with E-state index in [1.807, 2.05) is 0 Å². The van der Waals surface area contributed by atoms with Crippen molar-refractivity contribution in [1.82, 2.24) is 5.32 Å². The van der Waals surface area contributed by atoms with Gasteiger partial charge in [-0.25, -0.2) is 0 Å². The molecule has 1 aliphatic heterocycles. The smallest absolute Gasteiger partial charge is 0.253 e. The second-order valence-corrected chi connectivity index (χ2v) is 4.27. The molecule has 0 aromatic heterocycles. The van der Waals surface area contributed by atoms with E-state index < -0.39 is 0 Å². The van der Waals surface area contributed by atoms with E-state index in [0.29, 0.717) is 12.0 Å². The minimum atomic E-state index is -0.355. The molecule has 1 unspecified atom stereocenters. The van der Waals surface area contributed by atoms with E-state index in [2.05, 4.69) is 12.2 Å². The zero-order valence-corrected chi connectivity index (χ0v) is 8.40. The van der Waals surface area contributed by atoms with Crippen LogP contribution in [0.4, 0.5) is 0 Å². The summed E-state index contributed by atoms with van der Waals surface area (Å²) in [6.45, 7) is 2.19. The van der Waals surface area contributed by atoms with Gasteiger partial charge in [-0.3, -0.25) is 10.1 Å². The number of nitrogens with one attached hydrogen (secondary N) is 1. The topological polar surface area (TPSA) is 55.2 Å². The fraction of sp³-hybridized carbons (Fsp3) is 0.800. The summed E-state index contributed by atoms with van der Waals surface area (Å²) in [6, 6.07) is 0.529. The third kappa shape index (κ3) is 1.49. The maximum Gasteiger partial charge on any atom is 0.253 e. The minimum absolute atomic E-state index is 0.355. The molecule has 4 heteroatoms. The van der Waals surface area contributed by atoms with Crippen LogP contribution in [0.25, 0.3) is 0 Å². The van der Waals surface area contributed by atoms with Gasteiger partial charge < -0.3 is 5.32 Å². The molecule has 0 amide bonds. The van der Waals surface area contributed by atoms with Gasteiger partial charge in [-0.1, -0.05) is 13.3 Å². The predicted molar refractivity (Wildman–Crippen MR) is 53.1 cm³/mol. The second kappa shape index (κ2) is 3.59. The van der Waals surface area contributed by atoms with Crippen LogP contribution in [-0.2, 0) is 0 Å². The standard InChI is InChI=1S/C10H16N2O2/c1-2-3-7-4-5-8-9(6-12(13)14)11-10(7)8/h6-8,10-11H,2-5H2,1H3/b9-6+/t7-,8-,10?/m1/s1. The van der Waals surface area contributed by atoms with E-state index in [-0.39, 0.29) is 4.92 Å². The molecule has 0 bridgehead atoms. The normalized spacial score (nSPS) is 37.5. The zero-order valence-electron chi connectivity index (χ0n) is 8.40. The number of rotatable bonds is 3. The predicted octanol–water partition coefficient (Wildman–Crippen LogP) is 1.90. The fourth-order valence-electron chi connectivity index (χ4n) is 2.79. The molecule has 78 valence electrons. The molecule has 1 heterocycles. The molecular weight excluding hydrogens is 180 g/mol. The fourth-order valence-corrected chi connectivity index (χ4v) is 2.79.